The highest BCUT2D eigenvalue weighted by Gasteiger charge is 2.20. The number of hydrogen-bond acceptors (Lipinski definition) is 3. The number of thioether (sulfide) groups is 1. The third-order valence-electron chi connectivity index (χ3n) is 2.89. The van der Waals surface area contributed by atoms with Crippen LogP contribution >= 0.6 is 23.1 Å². The Labute approximate surface area is 114 Å². The van der Waals surface area contributed by atoms with Crippen molar-refractivity contribution in [1.82, 2.24) is 0 Å². The minimum absolute atomic E-state index is 0.283. The molecule has 1 heterocycles. The molecule has 0 aliphatic rings. The van der Waals surface area contributed by atoms with E-state index in [4.69, 9.17) is 5.73 Å². The summed E-state index contributed by atoms with van der Waals surface area (Å²) in [4.78, 5) is 2.84. The summed E-state index contributed by atoms with van der Waals surface area (Å²) in [6.07, 6.45) is 2.33. The van der Waals surface area contributed by atoms with Crippen molar-refractivity contribution in [2.75, 3.05) is 5.75 Å². The molecule has 98 valence electrons. The second kappa shape index (κ2) is 7.45. The van der Waals surface area contributed by atoms with E-state index < -0.39 is 0 Å². The molecular weight excluding hydrogens is 246 g/mol. The first kappa shape index (κ1) is 15.1. The Morgan fingerprint density at radius 2 is 2.06 bits per heavy atom. The van der Waals surface area contributed by atoms with E-state index in [2.05, 4.69) is 39.8 Å². The lowest BCUT2D eigenvalue weighted by molar-refractivity contribution is 0.620. The molecular formula is C14H25NS2. The van der Waals surface area contributed by atoms with Gasteiger partial charge in [-0.05, 0) is 43.6 Å². The smallest absolute Gasteiger partial charge is 0.0542 e. The molecule has 2 N–H and O–H groups in total. The van der Waals surface area contributed by atoms with Crippen LogP contribution in [-0.2, 0) is 0 Å². The van der Waals surface area contributed by atoms with E-state index in [1.807, 2.05) is 23.1 Å². The second-order valence-electron chi connectivity index (χ2n) is 4.99. The summed E-state index contributed by atoms with van der Waals surface area (Å²) >= 11 is 3.93. The summed E-state index contributed by atoms with van der Waals surface area (Å²) in [5.74, 6) is 2.00. The molecule has 2 atom stereocenters. The maximum atomic E-state index is 6.26. The first-order valence-electron chi connectivity index (χ1n) is 6.48. The molecule has 0 aromatic carbocycles. The number of hydrogen-bond donors (Lipinski definition) is 1. The van der Waals surface area contributed by atoms with E-state index in [9.17, 15) is 0 Å². The van der Waals surface area contributed by atoms with Crippen LogP contribution in [0.1, 0.15) is 48.6 Å². The predicted octanol–water partition coefficient (Wildman–Crippen LogP) is 4.61. The van der Waals surface area contributed by atoms with Gasteiger partial charge in [0.25, 0.3) is 0 Å². The highest BCUT2D eigenvalue weighted by molar-refractivity contribution is 7.99. The molecule has 0 bridgehead atoms. The monoisotopic (exact) mass is 271 g/mol. The summed E-state index contributed by atoms with van der Waals surface area (Å²) in [5, 5.41) is 0.484. The average Bonchev–Trinajstić information content (AvgIpc) is 2.69. The zero-order valence-electron chi connectivity index (χ0n) is 11.4. The minimum Gasteiger partial charge on any atom is -0.326 e. The van der Waals surface area contributed by atoms with Gasteiger partial charge in [-0.3, -0.25) is 0 Å². The maximum Gasteiger partial charge on any atom is 0.0542 e. The first-order valence-corrected chi connectivity index (χ1v) is 8.34. The summed E-state index contributed by atoms with van der Waals surface area (Å²) < 4.78 is 0. The zero-order valence-corrected chi connectivity index (χ0v) is 13.0. The molecule has 2 unspecified atom stereocenters. The van der Waals surface area contributed by atoms with Gasteiger partial charge in [-0.1, -0.05) is 20.8 Å². The van der Waals surface area contributed by atoms with Gasteiger partial charge in [-0.2, -0.15) is 11.8 Å². The Hall–Kier alpha value is 0.01000. The van der Waals surface area contributed by atoms with Gasteiger partial charge in [0.2, 0.25) is 0 Å². The van der Waals surface area contributed by atoms with Crippen LogP contribution in [0.25, 0.3) is 0 Å². The lowest BCUT2D eigenvalue weighted by atomic mass is 10.1. The van der Waals surface area contributed by atoms with Gasteiger partial charge in [-0.25, -0.2) is 0 Å². The van der Waals surface area contributed by atoms with Gasteiger partial charge in [-0.15, -0.1) is 11.3 Å². The van der Waals surface area contributed by atoms with Crippen LogP contribution in [0.4, 0.5) is 0 Å². The summed E-state index contributed by atoms with van der Waals surface area (Å²) in [6.45, 7) is 8.91. The van der Waals surface area contributed by atoms with Crippen molar-refractivity contribution < 1.29 is 0 Å². The van der Waals surface area contributed by atoms with Crippen molar-refractivity contribution >= 4 is 23.1 Å². The van der Waals surface area contributed by atoms with Crippen molar-refractivity contribution in [2.45, 2.75) is 51.8 Å². The largest absolute Gasteiger partial charge is 0.326 e. The van der Waals surface area contributed by atoms with Crippen LogP contribution in [-0.4, -0.2) is 11.8 Å². The van der Waals surface area contributed by atoms with E-state index in [0.29, 0.717) is 5.25 Å². The molecule has 1 rings (SSSR count). The van der Waals surface area contributed by atoms with Crippen LogP contribution < -0.4 is 5.73 Å². The fraction of sp³-hybridized carbons (Fsp3) is 0.714. The minimum atomic E-state index is 0.283. The van der Waals surface area contributed by atoms with Crippen molar-refractivity contribution in [3.8, 4) is 0 Å². The van der Waals surface area contributed by atoms with Gasteiger partial charge >= 0.3 is 0 Å². The summed E-state index contributed by atoms with van der Waals surface area (Å²) in [6, 6.07) is 4.74. The molecule has 0 spiro atoms. The lowest BCUT2D eigenvalue weighted by Gasteiger charge is -2.21. The molecule has 0 aliphatic heterocycles. The molecule has 0 aliphatic carbocycles. The molecule has 0 saturated carbocycles. The first-order chi connectivity index (χ1) is 8.04. The van der Waals surface area contributed by atoms with Crippen LogP contribution in [0.2, 0.25) is 0 Å². The van der Waals surface area contributed by atoms with E-state index in [1.165, 1.54) is 21.9 Å². The molecule has 1 aromatic rings. The van der Waals surface area contributed by atoms with Gasteiger partial charge in [0.05, 0.1) is 5.25 Å². The van der Waals surface area contributed by atoms with Crippen LogP contribution in [0.3, 0.4) is 0 Å². The molecule has 1 aromatic heterocycles. The Bertz CT molecular complexity index is 320. The normalized spacial score (nSPS) is 15.2. The van der Waals surface area contributed by atoms with Crippen molar-refractivity contribution in [2.24, 2.45) is 11.7 Å². The lowest BCUT2D eigenvalue weighted by Crippen LogP contribution is -2.25. The van der Waals surface area contributed by atoms with Crippen molar-refractivity contribution in [1.29, 1.82) is 0 Å². The van der Waals surface area contributed by atoms with Crippen LogP contribution in [0.5, 0.6) is 0 Å². The van der Waals surface area contributed by atoms with Gasteiger partial charge in [0.1, 0.15) is 0 Å². The zero-order chi connectivity index (χ0) is 12.8. The predicted molar refractivity (Wildman–Crippen MR) is 82.0 cm³/mol. The molecule has 17 heavy (non-hydrogen) atoms. The molecule has 3 heteroatoms. The van der Waals surface area contributed by atoms with Gasteiger partial charge in [0, 0.05) is 15.8 Å². The molecule has 1 nitrogen and oxygen atoms in total. The molecule has 0 radical (unpaired) electrons. The van der Waals surface area contributed by atoms with E-state index in [-0.39, 0.29) is 6.04 Å². The second-order valence-corrected chi connectivity index (χ2v) is 7.56. The van der Waals surface area contributed by atoms with E-state index in [0.717, 1.165) is 12.3 Å². The Morgan fingerprint density at radius 3 is 2.53 bits per heavy atom. The SMILES string of the molecule is CCC(N)C(SCCC(C)C)c1ccc(C)s1. The molecule has 0 saturated heterocycles. The highest BCUT2D eigenvalue weighted by atomic mass is 32.2. The third-order valence-corrected chi connectivity index (χ3v) is 5.56. The number of thiophene rings is 1. The number of rotatable bonds is 7. The van der Waals surface area contributed by atoms with Crippen LogP contribution in [0.15, 0.2) is 12.1 Å². The molecule has 0 fully saturated rings. The van der Waals surface area contributed by atoms with Crippen molar-refractivity contribution in [3.63, 3.8) is 0 Å². The van der Waals surface area contributed by atoms with E-state index in [1.54, 1.807) is 0 Å². The van der Waals surface area contributed by atoms with Gasteiger partial charge in [0.15, 0.2) is 0 Å². The summed E-state index contributed by atoms with van der Waals surface area (Å²) in [7, 11) is 0. The Kier molecular flexibility index (Phi) is 6.60. The molecule has 0 amide bonds. The fourth-order valence-corrected chi connectivity index (χ4v) is 4.50. The number of aryl methyl sites for hydroxylation is 1. The maximum absolute atomic E-state index is 6.26. The highest BCUT2D eigenvalue weighted by Crippen LogP contribution is 2.37. The van der Waals surface area contributed by atoms with Crippen LogP contribution in [0, 0.1) is 12.8 Å². The van der Waals surface area contributed by atoms with Gasteiger partial charge < -0.3 is 5.73 Å². The Morgan fingerprint density at radius 1 is 1.35 bits per heavy atom. The quantitative estimate of drug-likeness (QED) is 0.783. The average molecular weight is 271 g/mol. The Balaban J connectivity index is 2.61. The standard InChI is InChI=1S/C14H25NS2/c1-5-12(15)14(16-9-8-10(2)3)13-7-6-11(4)17-13/h6-7,10,12,14H,5,8-9,15H2,1-4H3. The van der Waals surface area contributed by atoms with E-state index >= 15 is 0 Å². The van der Waals surface area contributed by atoms with Crippen molar-refractivity contribution in [3.05, 3.63) is 21.9 Å². The fourth-order valence-electron chi connectivity index (χ4n) is 1.67. The number of nitrogens with two attached hydrogens (primary N) is 1. The summed E-state index contributed by atoms with van der Waals surface area (Å²) in [5.41, 5.74) is 6.26. The third kappa shape index (κ3) is 5.02. The topological polar surface area (TPSA) is 26.0 Å².